The first kappa shape index (κ1) is 12.4. The molecule has 1 fully saturated rings. The van der Waals surface area contributed by atoms with Crippen molar-refractivity contribution < 1.29 is 19.1 Å². The Bertz CT molecular complexity index is 472. The Hall–Kier alpha value is -2.04. The highest BCUT2D eigenvalue weighted by Gasteiger charge is 2.32. The van der Waals surface area contributed by atoms with Gasteiger partial charge in [0.15, 0.2) is 0 Å². The van der Waals surface area contributed by atoms with Crippen LogP contribution in [-0.4, -0.2) is 37.2 Å². The second-order valence-electron chi connectivity index (χ2n) is 4.07. The molecule has 0 radical (unpaired) electrons. The molecule has 1 atom stereocenters. The summed E-state index contributed by atoms with van der Waals surface area (Å²) in [6.07, 6.45) is -0.568. The molecule has 0 aliphatic carbocycles. The van der Waals surface area contributed by atoms with E-state index in [2.05, 4.69) is 0 Å². The lowest BCUT2D eigenvalue weighted by Gasteiger charge is -2.18. The van der Waals surface area contributed by atoms with Gasteiger partial charge >= 0.3 is 6.09 Å². The molecule has 0 aromatic heterocycles. The summed E-state index contributed by atoms with van der Waals surface area (Å²) in [5, 5.41) is 0. The molecular weight excluding hydrogens is 234 g/mol. The number of hydrogen-bond acceptors (Lipinski definition) is 4. The normalized spacial score (nSPS) is 16.3. The van der Waals surface area contributed by atoms with E-state index in [0.717, 1.165) is 10.5 Å². The molecule has 1 saturated heterocycles. The van der Waals surface area contributed by atoms with Crippen molar-refractivity contribution in [2.45, 2.75) is 12.8 Å². The molecule has 5 heteroatoms. The standard InChI is InChI=1S/C13H15NO4/c1-9(10-5-3-4-6-11(10)17-2)12(15)14-7-8-18-13(14)16/h3-6,9H,7-8H2,1-2H3/t9-/m0/s1. The number of cyclic esters (lactones) is 1. The number of amides is 2. The van der Waals surface area contributed by atoms with Crippen molar-refractivity contribution in [1.82, 2.24) is 4.90 Å². The third-order valence-electron chi connectivity index (χ3n) is 3.00. The van der Waals surface area contributed by atoms with Crippen LogP contribution < -0.4 is 4.74 Å². The zero-order valence-corrected chi connectivity index (χ0v) is 10.4. The third-order valence-corrected chi connectivity index (χ3v) is 3.00. The second kappa shape index (κ2) is 5.08. The molecule has 2 amide bonds. The van der Waals surface area contributed by atoms with Gasteiger partial charge in [0.1, 0.15) is 12.4 Å². The van der Waals surface area contributed by atoms with Gasteiger partial charge < -0.3 is 9.47 Å². The number of imide groups is 1. The topological polar surface area (TPSA) is 55.8 Å². The average molecular weight is 249 g/mol. The highest BCUT2D eigenvalue weighted by atomic mass is 16.6. The van der Waals surface area contributed by atoms with Gasteiger partial charge in [-0.25, -0.2) is 9.69 Å². The molecule has 0 spiro atoms. The van der Waals surface area contributed by atoms with E-state index in [9.17, 15) is 9.59 Å². The number of benzene rings is 1. The van der Waals surface area contributed by atoms with Crippen LogP contribution in [0.1, 0.15) is 18.4 Å². The number of ether oxygens (including phenoxy) is 2. The maximum atomic E-state index is 12.2. The number of carbonyl (C=O) groups excluding carboxylic acids is 2. The van der Waals surface area contributed by atoms with Crippen LogP contribution in [0.15, 0.2) is 24.3 Å². The van der Waals surface area contributed by atoms with E-state index in [4.69, 9.17) is 9.47 Å². The predicted octanol–water partition coefficient (Wildman–Crippen LogP) is 1.78. The van der Waals surface area contributed by atoms with Gasteiger partial charge in [-0.05, 0) is 13.0 Å². The highest BCUT2D eigenvalue weighted by molar-refractivity contribution is 5.96. The molecule has 1 aliphatic rings. The molecule has 0 bridgehead atoms. The fourth-order valence-corrected chi connectivity index (χ4v) is 1.98. The first-order chi connectivity index (χ1) is 8.65. The zero-order valence-electron chi connectivity index (χ0n) is 10.4. The second-order valence-corrected chi connectivity index (χ2v) is 4.07. The lowest BCUT2D eigenvalue weighted by atomic mass is 9.99. The first-order valence-corrected chi connectivity index (χ1v) is 5.76. The van der Waals surface area contributed by atoms with Crippen molar-refractivity contribution >= 4 is 12.0 Å². The summed E-state index contributed by atoms with van der Waals surface area (Å²) in [7, 11) is 1.56. The van der Waals surface area contributed by atoms with Gasteiger partial charge in [0, 0.05) is 5.56 Å². The Morgan fingerprint density at radius 1 is 1.44 bits per heavy atom. The Labute approximate surface area is 105 Å². The van der Waals surface area contributed by atoms with Crippen LogP contribution in [0.2, 0.25) is 0 Å². The molecule has 1 aromatic rings. The molecular formula is C13H15NO4. The zero-order chi connectivity index (χ0) is 13.1. The molecule has 18 heavy (non-hydrogen) atoms. The SMILES string of the molecule is COc1ccccc1[C@H](C)C(=O)N1CCOC1=O. The van der Waals surface area contributed by atoms with Crippen LogP contribution in [0, 0.1) is 0 Å². The minimum atomic E-state index is -0.568. The molecule has 1 heterocycles. The van der Waals surface area contributed by atoms with Gasteiger partial charge in [-0.3, -0.25) is 4.79 Å². The first-order valence-electron chi connectivity index (χ1n) is 5.76. The average Bonchev–Trinajstić information content (AvgIpc) is 2.83. The number of para-hydroxylation sites is 1. The molecule has 5 nitrogen and oxygen atoms in total. The van der Waals surface area contributed by atoms with Gasteiger partial charge in [-0.15, -0.1) is 0 Å². The van der Waals surface area contributed by atoms with Gasteiger partial charge in [-0.1, -0.05) is 18.2 Å². The monoisotopic (exact) mass is 249 g/mol. The van der Waals surface area contributed by atoms with Crippen molar-refractivity contribution in [2.24, 2.45) is 0 Å². The van der Waals surface area contributed by atoms with Gasteiger partial charge in [0.25, 0.3) is 0 Å². The predicted molar refractivity (Wildman–Crippen MR) is 64.5 cm³/mol. The molecule has 0 N–H and O–H groups in total. The van der Waals surface area contributed by atoms with Crippen molar-refractivity contribution in [3.63, 3.8) is 0 Å². The Morgan fingerprint density at radius 3 is 2.78 bits per heavy atom. The van der Waals surface area contributed by atoms with Crippen LogP contribution in [0.5, 0.6) is 5.75 Å². The highest BCUT2D eigenvalue weighted by Crippen LogP contribution is 2.28. The number of carbonyl (C=O) groups is 2. The summed E-state index contributed by atoms with van der Waals surface area (Å²) in [6.45, 7) is 2.34. The maximum absolute atomic E-state index is 12.2. The van der Waals surface area contributed by atoms with Gasteiger partial charge in [-0.2, -0.15) is 0 Å². The molecule has 2 rings (SSSR count). The fraction of sp³-hybridized carbons (Fsp3) is 0.385. The van der Waals surface area contributed by atoms with Crippen LogP contribution in [0.3, 0.4) is 0 Å². The van der Waals surface area contributed by atoms with E-state index >= 15 is 0 Å². The minimum Gasteiger partial charge on any atom is -0.496 e. The Morgan fingerprint density at radius 2 is 2.17 bits per heavy atom. The summed E-state index contributed by atoms with van der Waals surface area (Å²) in [5.41, 5.74) is 0.768. The van der Waals surface area contributed by atoms with Gasteiger partial charge in [0.2, 0.25) is 5.91 Å². The van der Waals surface area contributed by atoms with Crippen LogP contribution in [0.25, 0.3) is 0 Å². The molecule has 1 aliphatic heterocycles. The third kappa shape index (κ3) is 2.16. The van der Waals surface area contributed by atoms with E-state index in [0.29, 0.717) is 12.3 Å². The molecule has 96 valence electrons. The summed E-state index contributed by atoms with van der Waals surface area (Å²) in [4.78, 5) is 24.7. The minimum absolute atomic E-state index is 0.262. The summed E-state index contributed by atoms with van der Waals surface area (Å²) in [6, 6.07) is 7.29. The number of rotatable bonds is 3. The van der Waals surface area contributed by atoms with E-state index in [1.165, 1.54) is 0 Å². The van der Waals surface area contributed by atoms with Crippen LogP contribution in [-0.2, 0) is 9.53 Å². The summed E-state index contributed by atoms with van der Waals surface area (Å²) >= 11 is 0. The van der Waals surface area contributed by atoms with Crippen molar-refractivity contribution in [3.05, 3.63) is 29.8 Å². The van der Waals surface area contributed by atoms with Crippen LogP contribution in [0.4, 0.5) is 4.79 Å². The van der Waals surface area contributed by atoms with E-state index in [-0.39, 0.29) is 12.5 Å². The van der Waals surface area contributed by atoms with E-state index in [1.807, 2.05) is 18.2 Å². The van der Waals surface area contributed by atoms with E-state index < -0.39 is 12.0 Å². The number of hydrogen-bond donors (Lipinski definition) is 0. The molecule has 0 saturated carbocycles. The van der Waals surface area contributed by atoms with Crippen molar-refractivity contribution in [2.75, 3.05) is 20.3 Å². The summed E-state index contributed by atoms with van der Waals surface area (Å²) < 4.78 is 9.98. The van der Waals surface area contributed by atoms with Crippen molar-refractivity contribution in [1.29, 1.82) is 0 Å². The quantitative estimate of drug-likeness (QED) is 0.819. The molecule has 0 unspecified atom stereocenters. The summed E-state index contributed by atoms with van der Waals surface area (Å²) in [5.74, 6) is -0.0558. The Kier molecular flexibility index (Phi) is 3.50. The molecule has 1 aromatic carbocycles. The number of nitrogens with zero attached hydrogens (tertiary/aromatic N) is 1. The van der Waals surface area contributed by atoms with Crippen LogP contribution >= 0.6 is 0 Å². The van der Waals surface area contributed by atoms with E-state index in [1.54, 1.807) is 20.1 Å². The number of methoxy groups -OCH3 is 1. The largest absolute Gasteiger partial charge is 0.496 e. The lowest BCUT2D eigenvalue weighted by Crippen LogP contribution is -2.35. The fourth-order valence-electron chi connectivity index (χ4n) is 1.98. The maximum Gasteiger partial charge on any atom is 0.416 e. The van der Waals surface area contributed by atoms with Crippen molar-refractivity contribution in [3.8, 4) is 5.75 Å². The lowest BCUT2D eigenvalue weighted by molar-refractivity contribution is -0.129. The smallest absolute Gasteiger partial charge is 0.416 e. The van der Waals surface area contributed by atoms with Gasteiger partial charge in [0.05, 0.1) is 19.6 Å². The Balaban J connectivity index is 2.22.